The molecule has 5 heteroatoms. The molecule has 0 spiro atoms. The molecule has 102 valence electrons. The average molecular weight is 254 g/mol. The van der Waals surface area contributed by atoms with E-state index in [9.17, 15) is 9.59 Å². The van der Waals surface area contributed by atoms with E-state index in [4.69, 9.17) is 4.74 Å². The van der Waals surface area contributed by atoms with Crippen molar-refractivity contribution in [3.05, 3.63) is 12.7 Å². The molecule has 0 radical (unpaired) electrons. The van der Waals surface area contributed by atoms with Crippen LogP contribution in [0.4, 0.5) is 0 Å². The third kappa shape index (κ3) is 4.14. The second-order valence-corrected chi connectivity index (χ2v) is 4.56. The highest BCUT2D eigenvalue weighted by atomic mass is 16.5. The van der Waals surface area contributed by atoms with Crippen LogP contribution in [-0.2, 0) is 14.3 Å². The van der Waals surface area contributed by atoms with Gasteiger partial charge in [0.1, 0.15) is 6.54 Å². The Morgan fingerprint density at radius 1 is 1.56 bits per heavy atom. The smallest absolute Gasteiger partial charge is 0.325 e. The van der Waals surface area contributed by atoms with Crippen LogP contribution in [0.1, 0.15) is 13.3 Å². The molecule has 1 heterocycles. The van der Waals surface area contributed by atoms with Gasteiger partial charge in [-0.1, -0.05) is 6.08 Å². The summed E-state index contributed by atoms with van der Waals surface area (Å²) in [5.74, 6) is -0.351. The zero-order valence-corrected chi connectivity index (χ0v) is 11.2. The van der Waals surface area contributed by atoms with E-state index in [1.54, 1.807) is 13.0 Å². The summed E-state index contributed by atoms with van der Waals surface area (Å²) in [5.41, 5.74) is 0. The van der Waals surface area contributed by atoms with Gasteiger partial charge in [0.2, 0.25) is 5.91 Å². The first-order valence-electron chi connectivity index (χ1n) is 6.32. The van der Waals surface area contributed by atoms with Crippen LogP contribution in [0.2, 0.25) is 0 Å². The summed E-state index contributed by atoms with van der Waals surface area (Å²) in [5, 5.41) is 0. The third-order valence-corrected chi connectivity index (χ3v) is 3.03. The molecule has 1 unspecified atom stereocenters. The van der Waals surface area contributed by atoms with Gasteiger partial charge in [0.15, 0.2) is 0 Å². The van der Waals surface area contributed by atoms with E-state index in [2.05, 4.69) is 11.5 Å². The van der Waals surface area contributed by atoms with Crippen LogP contribution in [0.25, 0.3) is 0 Å². The van der Waals surface area contributed by atoms with E-state index in [0.29, 0.717) is 13.2 Å². The van der Waals surface area contributed by atoms with Gasteiger partial charge in [-0.25, -0.2) is 0 Å². The van der Waals surface area contributed by atoms with Crippen LogP contribution < -0.4 is 0 Å². The molecular weight excluding hydrogens is 232 g/mol. The van der Waals surface area contributed by atoms with Crippen molar-refractivity contribution in [3.8, 4) is 0 Å². The Labute approximate surface area is 108 Å². The molecule has 1 saturated heterocycles. The van der Waals surface area contributed by atoms with Gasteiger partial charge in [-0.15, -0.1) is 6.58 Å². The highest BCUT2D eigenvalue weighted by Crippen LogP contribution is 2.17. The minimum absolute atomic E-state index is 0.00984. The molecule has 1 atom stereocenters. The van der Waals surface area contributed by atoms with E-state index < -0.39 is 0 Å². The van der Waals surface area contributed by atoms with E-state index in [0.717, 1.165) is 19.5 Å². The molecule has 0 saturated carbocycles. The minimum atomic E-state index is -0.362. The number of carbonyl (C=O) groups is 2. The molecule has 5 nitrogen and oxygen atoms in total. The number of rotatable bonds is 6. The molecular formula is C13H22N2O3. The molecule has 1 amide bonds. The lowest BCUT2D eigenvalue weighted by atomic mass is 10.1. The molecule has 0 aliphatic carbocycles. The van der Waals surface area contributed by atoms with Gasteiger partial charge in [0.05, 0.1) is 12.5 Å². The predicted molar refractivity (Wildman–Crippen MR) is 69.0 cm³/mol. The number of nitrogens with zero attached hydrogens (tertiary/aromatic N) is 2. The van der Waals surface area contributed by atoms with Gasteiger partial charge >= 0.3 is 5.97 Å². The molecule has 0 bridgehead atoms. The molecule has 1 rings (SSSR count). The van der Waals surface area contributed by atoms with E-state index in [1.807, 2.05) is 7.05 Å². The van der Waals surface area contributed by atoms with Crippen molar-refractivity contribution >= 4 is 11.9 Å². The molecule has 0 aromatic heterocycles. The Bertz CT molecular complexity index is 317. The lowest BCUT2D eigenvalue weighted by Crippen LogP contribution is -2.41. The maximum absolute atomic E-state index is 12.3. The van der Waals surface area contributed by atoms with Crippen molar-refractivity contribution in [1.29, 1.82) is 0 Å². The quantitative estimate of drug-likeness (QED) is 0.512. The van der Waals surface area contributed by atoms with Crippen molar-refractivity contribution in [2.24, 2.45) is 5.92 Å². The first-order chi connectivity index (χ1) is 8.58. The second-order valence-electron chi connectivity index (χ2n) is 4.56. The highest BCUT2D eigenvalue weighted by Gasteiger charge is 2.30. The van der Waals surface area contributed by atoms with Crippen molar-refractivity contribution in [2.45, 2.75) is 13.3 Å². The third-order valence-electron chi connectivity index (χ3n) is 3.03. The normalized spacial score (nSPS) is 19.6. The van der Waals surface area contributed by atoms with Crippen molar-refractivity contribution in [1.82, 2.24) is 9.80 Å². The Kier molecular flexibility index (Phi) is 5.85. The zero-order chi connectivity index (χ0) is 13.5. The Hall–Kier alpha value is -1.36. The molecule has 0 N–H and O–H groups in total. The van der Waals surface area contributed by atoms with Gasteiger partial charge in [-0.2, -0.15) is 0 Å². The van der Waals surface area contributed by atoms with E-state index >= 15 is 0 Å². The summed E-state index contributed by atoms with van der Waals surface area (Å²) in [6.07, 6.45) is 2.49. The fraction of sp³-hybridized carbons (Fsp3) is 0.692. The van der Waals surface area contributed by atoms with Gasteiger partial charge in [-0.3, -0.25) is 9.59 Å². The monoisotopic (exact) mass is 254 g/mol. The van der Waals surface area contributed by atoms with E-state index in [1.165, 1.54) is 4.90 Å². The van der Waals surface area contributed by atoms with Gasteiger partial charge < -0.3 is 14.5 Å². The van der Waals surface area contributed by atoms with Crippen LogP contribution in [0.3, 0.4) is 0 Å². The fourth-order valence-corrected chi connectivity index (χ4v) is 2.15. The lowest BCUT2D eigenvalue weighted by Gasteiger charge is -2.23. The standard InChI is InChI=1S/C13H22N2O3/c1-4-7-15(10-12(16)18-5-2)13(17)11-6-8-14(3)9-11/h4,11H,1,5-10H2,2-3H3. The topological polar surface area (TPSA) is 49.9 Å². The zero-order valence-electron chi connectivity index (χ0n) is 11.2. The fourth-order valence-electron chi connectivity index (χ4n) is 2.15. The predicted octanol–water partition coefficient (Wildman–Crippen LogP) is 0.516. The number of likely N-dealkylation sites (tertiary alicyclic amines) is 1. The summed E-state index contributed by atoms with van der Waals surface area (Å²) in [4.78, 5) is 27.4. The number of amides is 1. The van der Waals surface area contributed by atoms with Crippen LogP contribution in [-0.4, -0.2) is 61.5 Å². The van der Waals surface area contributed by atoms with Crippen LogP contribution in [0.5, 0.6) is 0 Å². The number of ether oxygens (including phenoxy) is 1. The summed E-state index contributed by atoms with van der Waals surface area (Å²) in [7, 11) is 2.00. The first-order valence-corrected chi connectivity index (χ1v) is 6.32. The largest absolute Gasteiger partial charge is 0.465 e. The molecule has 1 aliphatic rings. The summed E-state index contributed by atoms with van der Waals surface area (Å²) < 4.78 is 4.88. The van der Waals surface area contributed by atoms with Gasteiger partial charge in [0.25, 0.3) is 0 Å². The summed E-state index contributed by atoms with van der Waals surface area (Å²) in [6.45, 7) is 7.80. The van der Waals surface area contributed by atoms with Crippen molar-refractivity contribution < 1.29 is 14.3 Å². The molecule has 1 fully saturated rings. The SMILES string of the molecule is C=CCN(CC(=O)OCC)C(=O)C1CCN(C)C1. The van der Waals surface area contributed by atoms with Crippen molar-refractivity contribution in [3.63, 3.8) is 0 Å². The number of hydrogen-bond donors (Lipinski definition) is 0. The molecule has 0 aromatic carbocycles. The lowest BCUT2D eigenvalue weighted by molar-refractivity contribution is -0.149. The van der Waals surface area contributed by atoms with E-state index in [-0.39, 0.29) is 24.3 Å². The maximum atomic E-state index is 12.3. The average Bonchev–Trinajstić information content (AvgIpc) is 2.75. The number of hydrogen-bond acceptors (Lipinski definition) is 4. The maximum Gasteiger partial charge on any atom is 0.325 e. The number of esters is 1. The van der Waals surface area contributed by atoms with Crippen LogP contribution in [0, 0.1) is 5.92 Å². The second kappa shape index (κ2) is 7.16. The number of carbonyl (C=O) groups excluding carboxylic acids is 2. The van der Waals surface area contributed by atoms with Crippen LogP contribution in [0.15, 0.2) is 12.7 Å². The summed E-state index contributed by atoms with van der Waals surface area (Å²) >= 11 is 0. The minimum Gasteiger partial charge on any atom is -0.465 e. The first kappa shape index (κ1) is 14.7. The molecule has 0 aromatic rings. The van der Waals surface area contributed by atoms with Gasteiger partial charge in [0, 0.05) is 13.1 Å². The Balaban J connectivity index is 2.57. The van der Waals surface area contributed by atoms with Crippen LogP contribution >= 0.6 is 0 Å². The summed E-state index contributed by atoms with van der Waals surface area (Å²) in [6, 6.07) is 0. The molecule has 1 aliphatic heterocycles. The Morgan fingerprint density at radius 3 is 2.78 bits per heavy atom. The van der Waals surface area contributed by atoms with Crippen molar-refractivity contribution in [2.75, 3.05) is 39.8 Å². The Morgan fingerprint density at radius 2 is 2.28 bits per heavy atom. The van der Waals surface area contributed by atoms with Gasteiger partial charge in [-0.05, 0) is 26.9 Å². The molecule has 18 heavy (non-hydrogen) atoms. The highest BCUT2D eigenvalue weighted by molar-refractivity contribution is 5.84.